The smallest absolute Gasteiger partial charge is 0.357 e. The number of fused-ring (bicyclic) bond motifs is 1. The van der Waals surface area contributed by atoms with Crippen molar-refractivity contribution in [2.75, 3.05) is 40.3 Å². The van der Waals surface area contributed by atoms with Crippen LogP contribution in [0.2, 0.25) is 0 Å². The molecule has 0 radical (unpaired) electrons. The molecule has 0 aliphatic carbocycles. The monoisotopic (exact) mass is 509 g/mol. The van der Waals surface area contributed by atoms with Crippen LogP contribution in [0.15, 0.2) is 18.2 Å². The molecule has 0 aliphatic rings. The number of aryl methyl sites for hydroxylation is 1. The van der Waals surface area contributed by atoms with Crippen molar-refractivity contribution in [3.05, 3.63) is 35.0 Å². The Hall–Kier alpha value is -4.39. The number of aromatic nitrogens is 1. The fraction of sp³-hybridized carbons (Fsp3) is 0.370. The van der Waals surface area contributed by atoms with E-state index in [9.17, 15) is 14.9 Å². The third-order valence-corrected chi connectivity index (χ3v) is 5.97. The molecule has 1 heterocycles. The number of nitrogens with zero attached hydrogens (tertiary/aromatic N) is 2. The Morgan fingerprint density at radius 3 is 2.08 bits per heavy atom. The molecule has 2 N–H and O–H groups in total. The standard InChI is InChI=1S/C27H31N3O7/c1-7-15-10-17-23(29)25(27(32)37-9-3)30(14-21(31)36-8-2)24(17)18(13-28)22(15)16-11-19(33-4)26(35-6)20(12-16)34-5/h10-12H,7-9,14,29H2,1-6H3. The largest absolute Gasteiger partial charge is 0.493 e. The van der Waals surface area contributed by atoms with Crippen molar-refractivity contribution >= 4 is 28.5 Å². The summed E-state index contributed by atoms with van der Waals surface area (Å²) in [5.74, 6) is -0.0431. The molecule has 0 unspecified atom stereocenters. The number of carbonyl (C=O) groups is 2. The van der Waals surface area contributed by atoms with Crippen LogP contribution in [0.25, 0.3) is 22.0 Å². The molecular weight excluding hydrogens is 478 g/mol. The summed E-state index contributed by atoms with van der Waals surface area (Å²) in [6, 6.07) is 7.60. The summed E-state index contributed by atoms with van der Waals surface area (Å²) >= 11 is 0. The van der Waals surface area contributed by atoms with Gasteiger partial charge in [0, 0.05) is 10.9 Å². The van der Waals surface area contributed by atoms with Gasteiger partial charge in [-0.1, -0.05) is 6.92 Å². The third kappa shape index (κ3) is 4.85. The van der Waals surface area contributed by atoms with Gasteiger partial charge in [-0.05, 0) is 49.6 Å². The summed E-state index contributed by atoms with van der Waals surface area (Å²) in [6.45, 7) is 5.24. The van der Waals surface area contributed by atoms with Gasteiger partial charge in [-0.15, -0.1) is 0 Å². The maximum atomic E-state index is 12.9. The highest BCUT2D eigenvalue weighted by molar-refractivity contribution is 6.10. The van der Waals surface area contributed by atoms with Crippen LogP contribution in [0.4, 0.5) is 5.69 Å². The minimum atomic E-state index is -0.697. The van der Waals surface area contributed by atoms with E-state index in [1.54, 1.807) is 26.0 Å². The number of nitriles is 1. The highest BCUT2D eigenvalue weighted by Gasteiger charge is 2.29. The summed E-state index contributed by atoms with van der Waals surface area (Å²) in [4.78, 5) is 25.5. The zero-order valence-corrected chi connectivity index (χ0v) is 21.9. The average molecular weight is 510 g/mol. The Labute approximate surface area is 215 Å². The minimum Gasteiger partial charge on any atom is -0.493 e. The first-order valence-electron chi connectivity index (χ1n) is 11.8. The minimum absolute atomic E-state index is 0.00880. The first-order valence-corrected chi connectivity index (χ1v) is 11.8. The number of anilines is 1. The van der Waals surface area contributed by atoms with Gasteiger partial charge in [0.25, 0.3) is 0 Å². The first-order chi connectivity index (χ1) is 17.8. The molecule has 0 atom stereocenters. The highest BCUT2D eigenvalue weighted by atomic mass is 16.5. The van der Waals surface area contributed by atoms with Gasteiger partial charge in [0.1, 0.15) is 12.6 Å². The summed E-state index contributed by atoms with van der Waals surface area (Å²) in [5, 5.41) is 10.9. The molecule has 0 bridgehead atoms. The number of benzene rings is 2. The van der Waals surface area contributed by atoms with E-state index >= 15 is 0 Å². The summed E-state index contributed by atoms with van der Waals surface area (Å²) in [7, 11) is 4.52. The van der Waals surface area contributed by atoms with Crippen LogP contribution in [0.5, 0.6) is 17.2 Å². The van der Waals surface area contributed by atoms with Crippen molar-refractivity contribution in [2.45, 2.75) is 33.7 Å². The SMILES string of the molecule is CCOC(=O)Cn1c(C(=O)OCC)c(N)c2cc(CC)c(-c3cc(OC)c(OC)c(OC)c3)c(C#N)c21. The molecular formula is C27H31N3O7. The van der Waals surface area contributed by atoms with E-state index in [4.69, 9.17) is 29.4 Å². The lowest BCUT2D eigenvalue weighted by molar-refractivity contribution is -0.143. The number of methoxy groups -OCH3 is 3. The van der Waals surface area contributed by atoms with E-state index in [2.05, 4.69) is 6.07 Å². The Kier molecular flexibility index (Phi) is 8.50. The molecule has 3 aromatic rings. The molecule has 0 amide bonds. The zero-order valence-electron chi connectivity index (χ0n) is 21.9. The molecule has 2 aromatic carbocycles. The summed E-state index contributed by atoms with van der Waals surface area (Å²) < 4.78 is 28.3. The predicted octanol–water partition coefficient (Wildman–Crippen LogP) is 4.09. The van der Waals surface area contributed by atoms with Crippen LogP contribution in [0.3, 0.4) is 0 Å². The fourth-order valence-corrected chi connectivity index (χ4v) is 4.46. The van der Waals surface area contributed by atoms with Crippen molar-refractivity contribution in [3.63, 3.8) is 0 Å². The number of nitrogen functional groups attached to an aromatic ring is 1. The molecule has 3 rings (SSSR count). The first kappa shape index (κ1) is 27.2. The van der Waals surface area contributed by atoms with Crippen molar-refractivity contribution in [1.82, 2.24) is 4.57 Å². The molecule has 0 saturated carbocycles. The molecule has 196 valence electrons. The van der Waals surface area contributed by atoms with E-state index in [0.29, 0.717) is 45.7 Å². The van der Waals surface area contributed by atoms with Crippen LogP contribution in [0, 0.1) is 11.3 Å². The van der Waals surface area contributed by atoms with Crippen molar-refractivity contribution < 1.29 is 33.3 Å². The van der Waals surface area contributed by atoms with Crippen LogP contribution in [0.1, 0.15) is 42.4 Å². The molecule has 10 heteroatoms. The van der Waals surface area contributed by atoms with Crippen LogP contribution in [-0.4, -0.2) is 51.0 Å². The van der Waals surface area contributed by atoms with Gasteiger partial charge in [-0.25, -0.2) is 4.79 Å². The number of carbonyl (C=O) groups excluding carboxylic acids is 2. The summed E-state index contributed by atoms with van der Waals surface area (Å²) in [5.41, 5.74) is 9.15. The number of nitrogens with two attached hydrogens (primary N) is 1. The normalized spacial score (nSPS) is 10.6. The Morgan fingerprint density at radius 2 is 1.59 bits per heavy atom. The van der Waals surface area contributed by atoms with E-state index in [-0.39, 0.29) is 36.7 Å². The molecule has 0 saturated heterocycles. The Bertz CT molecular complexity index is 1360. The van der Waals surface area contributed by atoms with E-state index in [0.717, 1.165) is 5.56 Å². The number of hydrogen-bond acceptors (Lipinski definition) is 9. The second-order valence-electron chi connectivity index (χ2n) is 7.94. The topological polar surface area (TPSA) is 135 Å². The number of ether oxygens (including phenoxy) is 5. The molecule has 0 aliphatic heterocycles. The Morgan fingerprint density at radius 1 is 0.973 bits per heavy atom. The van der Waals surface area contributed by atoms with Crippen LogP contribution < -0.4 is 19.9 Å². The van der Waals surface area contributed by atoms with Gasteiger partial charge in [-0.2, -0.15) is 5.26 Å². The fourth-order valence-electron chi connectivity index (χ4n) is 4.46. The lowest BCUT2D eigenvalue weighted by Gasteiger charge is -2.18. The van der Waals surface area contributed by atoms with Crippen molar-refractivity contribution in [1.29, 1.82) is 5.26 Å². The second-order valence-corrected chi connectivity index (χ2v) is 7.94. The lowest BCUT2D eigenvalue weighted by Crippen LogP contribution is -2.20. The van der Waals surface area contributed by atoms with E-state index < -0.39 is 11.9 Å². The number of rotatable bonds is 10. The molecule has 0 spiro atoms. The zero-order chi connectivity index (χ0) is 27.3. The lowest BCUT2D eigenvalue weighted by atomic mass is 9.90. The van der Waals surface area contributed by atoms with Crippen LogP contribution >= 0.6 is 0 Å². The quantitative estimate of drug-likeness (QED) is 0.401. The average Bonchev–Trinajstić information content (AvgIpc) is 3.17. The molecule has 37 heavy (non-hydrogen) atoms. The molecule has 1 aromatic heterocycles. The maximum Gasteiger partial charge on any atom is 0.357 e. The van der Waals surface area contributed by atoms with Crippen molar-refractivity contribution in [2.24, 2.45) is 0 Å². The summed E-state index contributed by atoms with van der Waals surface area (Å²) in [6.07, 6.45) is 0.549. The Balaban J connectivity index is 2.49. The second kappa shape index (κ2) is 11.6. The van der Waals surface area contributed by atoms with Gasteiger partial charge in [0.05, 0.1) is 51.3 Å². The predicted molar refractivity (Wildman–Crippen MR) is 138 cm³/mol. The van der Waals surface area contributed by atoms with E-state index in [1.807, 2.05) is 13.0 Å². The van der Waals surface area contributed by atoms with Gasteiger partial charge >= 0.3 is 11.9 Å². The molecule has 10 nitrogen and oxygen atoms in total. The maximum absolute atomic E-state index is 12.9. The number of hydrogen-bond donors (Lipinski definition) is 1. The van der Waals surface area contributed by atoms with Gasteiger partial charge in [0.2, 0.25) is 5.75 Å². The van der Waals surface area contributed by atoms with Crippen LogP contribution in [-0.2, 0) is 27.2 Å². The van der Waals surface area contributed by atoms with Crippen molar-refractivity contribution in [3.8, 4) is 34.4 Å². The van der Waals surface area contributed by atoms with E-state index in [1.165, 1.54) is 25.9 Å². The van der Waals surface area contributed by atoms with Gasteiger partial charge in [0.15, 0.2) is 17.2 Å². The highest BCUT2D eigenvalue weighted by Crippen LogP contribution is 2.45. The van der Waals surface area contributed by atoms with Gasteiger partial charge in [-0.3, -0.25) is 4.79 Å². The molecule has 0 fully saturated rings. The third-order valence-electron chi connectivity index (χ3n) is 5.97. The number of esters is 2. The van der Waals surface area contributed by atoms with Gasteiger partial charge < -0.3 is 34.0 Å².